The third-order valence-electron chi connectivity index (χ3n) is 3.42. The topological polar surface area (TPSA) is 58.8 Å². The highest BCUT2D eigenvalue weighted by Crippen LogP contribution is 2.27. The molecule has 98 valence electrons. The van der Waals surface area contributed by atoms with Crippen molar-refractivity contribution in [1.29, 1.82) is 0 Å². The van der Waals surface area contributed by atoms with Crippen molar-refractivity contribution in [2.45, 2.75) is 32.5 Å². The molecule has 1 atom stereocenters. The Morgan fingerprint density at radius 3 is 2.28 bits per heavy atom. The summed E-state index contributed by atoms with van der Waals surface area (Å²) in [6, 6.07) is 6.91. The fourth-order valence-corrected chi connectivity index (χ4v) is 2.27. The highest BCUT2D eigenvalue weighted by molar-refractivity contribution is 6.01. The molecule has 1 N–H and O–H groups in total. The van der Waals surface area contributed by atoms with Crippen molar-refractivity contribution in [3.63, 3.8) is 0 Å². The standard InChI is InChI=1S/C13H18N2O3/c1-9-12(15(17)13(2,3)14(9)16)10-5-7-11(18-4)8-6-10/h5-9,16H,1-4H3/t9-/m0/s1. The van der Waals surface area contributed by atoms with Gasteiger partial charge in [0.2, 0.25) is 11.4 Å². The lowest BCUT2D eigenvalue weighted by molar-refractivity contribution is -0.579. The summed E-state index contributed by atoms with van der Waals surface area (Å²) in [5.41, 5.74) is 0.405. The van der Waals surface area contributed by atoms with Gasteiger partial charge in [-0.15, -0.1) is 5.06 Å². The molecule has 0 aliphatic carbocycles. The Morgan fingerprint density at radius 1 is 1.33 bits per heavy atom. The van der Waals surface area contributed by atoms with Crippen molar-refractivity contribution in [1.82, 2.24) is 5.06 Å². The molecular formula is C13H18N2O3. The molecule has 0 radical (unpaired) electrons. The van der Waals surface area contributed by atoms with Crippen LogP contribution in [0.1, 0.15) is 26.3 Å². The summed E-state index contributed by atoms with van der Waals surface area (Å²) in [6.07, 6.45) is 0. The molecule has 18 heavy (non-hydrogen) atoms. The second-order valence-electron chi connectivity index (χ2n) is 4.92. The number of ether oxygens (including phenoxy) is 1. The molecule has 1 aliphatic rings. The first-order chi connectivity index (χ1) is 8.39. The summed E-state index contributed by atoms with van der Waals surface area (Å²) in [5.74, 6) is 0.738. The van der Waals surface area contributed by atoms with Crippen molar-refractivity contribution in [2.24, 2.45) is 0 Å². The van der Waals surface area contributed by atoms with Gasteiger partial charge in [-0.3, -0.25) is 0 Å². The molecule has 5 nitrogen and oxygen atoms in total. The molecule has 1 aliphatic heterocycles. The van der Waals surface area contributed by atoms with E-state index in [2.05, 4.69) is 0 Å². The van der Waals surface area contributed by atoms with Crippen LogP contribution in [-0.4, -0.2) is 39.5 Å². The number of benzene rings is 1. The predicted molar refractivity (Wildman–Crippen MR) is 67.9 cm³/mol. The molecule has 5 heteroatoms. The first kappa shape index (κ1) is 12.9. The zero-order valence-electron chi connectivity index (χ0n) is 11.0. The van der Waals surface area contributed by atoms with E-state index in [1.807, 2.05) is 12.1 Å². The van der Waals surface area contributed by atoms with Crippen LogP contribution in [0.15, 0.2) is 24.3 Å². The van der Waals surface area contributed by atoms with E-state index < -0.39 is 5.66 Å². The monoisotopic (exact) mass is 250 g/mol. The van der Waals surface area contributed by atoms with E-state index >= 15 is 0 Å². The minimum Gasteiger partial charge on any atom is -0.622 e. The Labute approximate surface area is 106 Å². The van der Waals surface area contributed by atoms with Gasteiger partial charge in [0.25, 0.3) is 0 Å². The van der Waals surface area contributed by atoms with E-state index in [9.17, 15) is 10.4 Å². The lowest BCUT2D eigenvalue weighted by Crippen LogP contribution is -2.45. The highest BCUT2D eigenvalue weighted by Gasteiger charge is 2.49. The average Bonchev–Trinajstić information content (AvgIpc) is 2.51. The molecule has 0 amide bonds. The SMILES string of the molecule is COc1ccc(C2=[N+]([O-])C(C)(C)N(O)[C@H]2C)cc1. The summed E-state index contributed by atoms with van der Waals surface area (Å²) in [5, 5.41) is 23.3. The van der Waals surface area contributed by atoms with Crippen LogP contribution in [0.25, 0.3) is 0 Å². The minimum atomic E-state index is -0.950. The number of rotatable bonds is 2. The second kappa shape index (κ2) is 4.26. The van der Waals surface area contributed by atoms with Gasteiger partial charge in [-0.05, 0) is 31.2 Å². The summed E-state index contributed by atoms with van der Waals surface area (Å²) in [6.45, 7) is 5.18. The number of hydroxylamine groups is 3. The van der Waals surface area contributed by atoms with Crippen LogP contribution in [0.2, 0.25) is 0 Å². The highest BCUT2D eigenvalue weighted by atomic mass is 16.6. The quantitative estimate of drug-likeness (QED) is 0.642. The molecule has 2 rings (SSSR count). The Bertz CT molecular complexity index is 480. The van der Waals surface area contributed by atoms with Gasteiger partial charge in [0.05, 0.1) is 7.11 Å². The van der Waals surface area contributed by atoms with Gasteiger partial charge in [-0.2, -0.15) is 4.74 Å². The molecular weight excluding hydrogens is 232 g/mol. The average molecular weight is 250 g/mol. The Kier molecular flexibility index (Phi) is 3.04. The fraction of sp³-hybridized carbons (Fsp3) is 0.462. The predicted octanol–water partition coefficient (Wildman–Crippen LogP) is 1.82. The van der Waals surface area contributed by atoms with Gasteiger partial charge in [-0.1, -0.05) is 0 Å². The lowest BCUT2D eigenvalue weighted by Gasteiger charge is -2.24. The third kappa shape index (κ3) is 1.76. The first-order valence-corrected chi connectivity index (χ1v) is 5.86. The molecule has 0 saturated carbocycles. The fourth-order valence-electron chi connectivity index (χ4n) is 2.27. The number of nitrogens with zero attached hydrogens (tertiary/aromatic N) is 2. The zero-order chi connectivity index (χ0) is 13.5. The molecule has 1 aromatic rings. The van der Waals surface area contributed by atoms with Crippen LogP contribution in [0.4, 0.5) is 0 Å². The van der Waals surface area contributed by atoms with E-state index in [1.54, 1.807) is 40.0 Å². The molecule has 0 aromatic heterocycles. The minimum absolute atomic E-state index is 0.342. The van der Waals surface area contributed by atoms with Crippen molar-refractivity contribution < 1.29 is 14.7 Å². The smallest absolute Gasteiger partial charge is 0.245 e. The van der Waals surface area contributed by atoms with Crippen LogP contribution < -0.4 is 4.74 Å². The zero-order valence-corrected chi connectivity index (χ0v) is 11.0. The van der Waals surface area contributed by atoms with Gasteiger partial charge >= 0.3 is 0 Å². The van der Waals surface area contributed by atoms with Crippen LogP contribution >= 0.6 is 0 Å². The second-order valence-corrected chi connectivity index (χ2v) is 4.92. The molecule has 1 heterocycles. The van der Waals surface area contributed by atoms with Crippen molar-refractivity contribution in [3.8, 4) is 5.75 Å². The number of hydrogen-bond acceptors (Lipinski definition) is 4. The number of methoxy groups -OCH3 is 1. The maximum Gasteiger partial charge on any atom is 0.245 e. The summed E-state index contributed by atoms with van der Waals surface area (Å²) in [4.78, 5) is 0. The van der Waals surface area contributed by atoms with Gasteiger partial charge in [0.1, 0.15) is 11.8 Å². The summed E-state index contributed by atoms with van der Waals surface area (Å²) >= 11 is 0. The molecule has 0 fully saturated rings. The van der Waals surface area contributed by atoms with Crippen LogP contribution in [0.5, 0.6) is 5.75 Å². The normalized spacial score (nSPS) is 23.5. The molecule has 0 saturated heterocycles. The summed E-state index contributed by atoms with van der Waals surface area (Å²) in [7, 11) is 1.60. The Balaban J connectivity index is 2.46. The maximum atomic E-state index is 12.2. The molecule has 0 bridgehead atoms. The van der Waals surface area contributed by atoms with Crippen molar-refractivity contribution in [2.75, 3.05) is 7.11 Å². The van der Waals surface area contributed by atoms with E-state index in [0.29, 0.717) is 5.71 Å². The lowest BCUT2D eigenvalue weighted by atomic mass is 10.1. The first-order valence-electron chi connectivity index (χ1n) is 5.86. The molecule has 0 spiro atoms. The van der Waals surface area contributed by atoms with Crippen molar-refractivity contribution in [3.05, 3.63) is 35.0 Å². The van der Waals surface area contributed by atoms with E-state index in [-0.39, 0.29) is 6.04 Å². The molecule has 1 aromatic carbocycles. The Hall–Kier alpha value is -1.59. The third-order valence-corrected chi connectivity index (χ3v) is 3.42. The molecule has 0 unspecified atom stereocenters. The van der Waals surface area contributed by atoms with Gasteiger partial charge in [0, 0.05) is 19.4 Å². The largest absolute Gasteiger partial charge is 0.622 e. The Morgan fingerprint density at radius 2 is 1.89 bits per heavy atom. The van der Waals surface area contributed by atoms with Crippen LogP contribution in [0, 0.1) is 5.21 Å². The van der Waals surface area contributed by atoms with E-state index in [4.69, 9.17) is 4.74 Å². The van der Waals surface area contributed by atoms with E-state index in [0.717, 1.165) is 21.1 Å². The van der Waals surface area contributed by atoms with E-state index in [1.165, 1.54) is 0 Å². The van der Waals surface area contributed by atoms with Gasteiger partial charge in [-0.25, -0.2) is 0 Å². The number of hydrogen-bond donors (Lipinski definition) is 1. The van der Waals surface area contributed by atoms with Gasteiger partial charge < -0.3 is 15.2 Å². The summed E-state index contributed by atoms with van der Waals surface area (Å²) < 4.78 is 5.95. The maximum absolute atomic E-state index is 12.2. The van der Waals surface area contributed by atoms with Gasteiger partial charge in [0.15, 0.2) is 0 Å². The van der Waals surface area contributed by atoms with Crippen LogP contribution in [0.3, 0.4) is 0 Å². The van der Waals surface area contributed by atoms with Crippen LogP contribution in [-0.2, 0) is 0 Å². The van der Waals surface area contributed by atoms with Crippen molar-refractivity contribution >= 4 is 5.71 Å².